The van der Waals surface area contributed by atoms with E-state index in [2.05, 4.69) is 17.6 Å². The lowest BCUT2D eigenvalue weighted by Crippen LogP contribution is -2.52. The van der Waals surface area contributed by atoms with Crippen molar-refractivity contribution < 1.29 is 19.1 Å². The number of methoxy groups -OCH3 is 1. The molecule has 3 rings (SSSR count). The van der Waals surface area contributed by atoms with Crippen LogP contribution < -0.4 is 20.3 Å². The maximum atomic E-state index is 13.9. The molecule has 3 amide bonds. The van der Waals surface area contributed by atoms with Gasteiger partial charge in [0, 0.05) is 11.2 Å². The van der Waals surface area contributed by atoms with E-state index >= 15 is 0 Å². The fourth-order valence-electron chi connectivity index (χ4n) is 3.78. The molecule has 1 atom stereocenters. The number of rotatable bonds is 11. The number of carbonyl (C=O) groups excluding carboxylic acids is 3. The van der Waals surface area contributed by atoms with Crippen LogP contribution in [0.15, 0.2) is 66.0 Å². The minimum atomic E-state index is -0.987. The molecule has 1 aromatic heterocycles. The quantitative estimate of drug-likeness (QED) is 0.366. The van der Waals surface area contributed by atoms with E-state index < -0.39 is 17.5 Å². The lowest BCUT2D eigenvalue weighted by atomic mass is 9.98. The Labute approximate surface area is 222 Å². The number of aryl methyl sites for hydroxylation is 1. The van der Waals surface area contributed by atoms with Crippen LogP contribution in [0.4, 0.5) is 5.69 Å². The van der Waals surface area contributed by atoms with E-state index in [-0.39, 0.29) is 18.4 Å². The first-order valence-electron chi connectivity index (χ1n) is 12.4. The van der Waals surface area contributed by atoms with Crippen LogP contribution in [0, 0.1) is 0 Å². The van der Waals surface area contributed by atoms with E-state index in [1.54, 1.807) is 48.9 Å². The largest absolute Gasteiger partial charge is 0.497 e. The summed E-state index contributed by atoms with van der Waals surface area (Å²) in [6.07, 6.45) is 1.55. The van der Waals surface area contributed by atoms with Crippen LogP contribution in [0.2, 0.25) is 0 Å². The van der Waals surface area contributed by atoms with Crippen molar-refractivity contribution in [2.24, 2.45) is 0 Å². The molecule has 7 nitrogen and oxygen atoms in total. The van der Waals surface area contributed by atoms with Crippen molar-refractivity contribution in [3.8, 4) is 5.75 Å². The summed E-state index contributed by atoms with van der Waals surface area (Å²) in [5, 5.41) is 7.61. The fourth-order valence-corrected chi connectivity index (χ4v) is 4.42. The van der Waals surface area contributed by atoms with Gasteiger partial charge < -0.3 is 15.4 Å². The number of benzene rings is 2. The van der Waals surface area contributed by atoms with Gasteiger partial charge >= 0.3 is 0 Å². The second-order valence-corrected chi connectivity index (χ2v) is 10.3. The van der Waals surface area contributed by atoms with Gasteiger partial charge in [-0.2, -0.15) is 0 Å². The zero-order valence-electron chi connectivity index (χ0n) is 22.0. The molecule has 0 unspecified atom stereocenters. The Balaban J connectivity index is 2.06. The minimum Gasteiger partial charge on any atom is -0.497 e. The van der Waals surface area contributed by atoms with Gasteiger partial charge in [-0.3, -0.25) is 19.3 Å². The third kappa shape index (κ3) is 7.20. The van der Waals surface area contributed by atoms with Crippen molar-refractivity contribution in [1.29, 1.82) is 0 Å². The van der Waals surface area contributed by atoms with Crippen LogP contribution in [-0.4, -0.2) is 36.9 Å². The summed E-state index contributed by atoms with van der Waals surface area (Å²) in [5.74, 6) is -0.493. The SMILES string of the molecule is CCc1ccc(N(C(=O)CNC(=O)c2cccs2)[C@@H](C(=O)NC(C)(C)CC)c2cccc(OC)c2)cc1. The van der Waals surface area contributed by atoms with Crippen LogP contribution in [-0.2, 0) is 16.0 Å². The van der Waals surface area contributed by atoms with E-state index in [1.165, 1.54) is 16.2 Å². The molecule has 0 aliphatic carbocycles. The third-order valence-corrected chi connectivity index (χ3v) is 7.17. The average molecular weight is 522 g/mol. The number of ether oxygens (including phenoxy) is 1. The lowest BCUT2D eigenvalue weighted by Gasteiger charge is -2.35. The number of nitrogens with one attached hydrogen (secondary N) is 2. The number of anilines is 1. The smallest absolute Gasteiger partial charge is 0.261 e. The molecule has 0 radical (unpaired) electrons. The molecular weight excluding hydrogens is 486 g/mol. The number of nitrogens with zero attached hydrogens (tertiary/aromatic N) is 1. The summed E-state index contributed by atoms with van der Waals surface area (Å²) in [6.45, 7) is 7.66. The molecule has 196 valence electrons. The molecule has 37 heavy (non-hydrogen) atoms. The molecular formula is C29H35N3O4S. The standard InChI is InChI=1S/C29H35N3O4S/c1-6-20-13-15-22(16-14-20)32(25(33)19-30-27(34)24-12-9-17-37-24)26(28(35)31-29(3,4)7-2)21-10-8-11-23(18-21)36-5/h8-18,26H,6-7,19H2,1-5H3,(H,30,34)(H,31,35)/t26-/m1/s1. The molecule has 2 N–H and O–H groups in total. The Kier molecular flexibility index (Phi) is 9.47. The topological polar surface area (TPSA) is 87.7 Å². The Bertz CT molecular complexity index is 1210. The van der Waals surface area contributed by atoms with Gasteiger partial charge in [0.25, 0.3) is 5.91 Å². The van der Waals surface area contributed by atoms with Crippen molar-refractivity contribution in [3.05, 3.63) is 82.0 Å². The number of carbonyl (C=O) groups is 3. The molecule has 3 aromatic rings. The summed E-state index contributed by atoms with van der Waals surface area (Å²) >= 11 is 1.30. The first-order valence-corrected chi connectivity index (χ1v) is 13.3. The van der Waals surface area contributed by atoms with Gasteiger partial charge in [-0.15, -0.1) is 11.3 Å². The zero-order chi connectivity index (χ0) is 27.0. The normalized spacial score (nSPS) is 11.9. The van der Waals surface area contributed by atoms with E-state index in [9.17, 15) is 14.4 Å². The zero-order valence-corrected chi connectivity index (χ0v) is 22.9. The van der Waals surface area contributed by atoms with Crippen LogP contribution in [0.1, 0.15) is 61.0 Å². The van der Waals surface area contributed by atoms with Gasteiger partial charge in [0.1, 0.15) is 11.8 Å². The van der Waals surface area contributed by atoms with Crippen molar-refractivity contribution in [1.82, 2.24) is 10.6 Å². The molecule has 2 aromatic carbocycles. The molecule has 0 bridgehead atoms. The minimum absolute atomic E-state index is 0.267. The van der Waals surface area contributed by atoms with E-state index in [0.29, 0.717) is 28.3 Å². The highest BCUT2D eigenvalue weighted by Crippen LogP contribution is 2.31. The summed E-state index contributed by atoms with van der Waals surface area (Å²) in [4.78, 5) is 42.2. The Morgan fingerprint density at radius 2 is 1.76 bits per heavy atom. The van der Waals surface area contributed by atoms with Crippen molar-refractivity contribution in [3.63, 3.8) is 0 Å². The van der Waals surface area contributed by atoms with Crippen molar-refractivity contribution >= 4 is 34.7 Å². The monoisotopic (exact) mass is 521 g/mol. The number of thiophene rings is 1. The Morgan fingerprint density at radius 3 is 2.35 bits per heavy atom. The van der Waals surface area contributed by atoms with E-state index in [0.717, 1.165) is 12.0 Å². The highest BCUT2D eigenvalue weighted by atomic mass is 32.1. The maximum Gasteiger partial charge on any atom is 0.261 e. The van der Waals surface area contributed by atoms with Crippen LogP contribution in [0.5, 0.6) is 5.75 Å². The average Bonchev–Trinajstić information content (AvgIpc) is 3.45. The van der Waals surface area contributed by atoms with Gasteiger partial charge in [-0.25, -0.2) is 0 Å². The second-order valence-electron chi connectivity index (χ2n) is 9.35. The Hall–Kier alpha value is -3.65. The number of hydrogen-bond donors (Lipinski definition) is 2. The molecule has 0 aliphatic heterocycles. The van der Waals surface area contributed by atoms with Crippen LogP contribution >= 0.6 is 11.3 Å². The molecule has 1 heterocycles. The molecule has 8 heteroatoms. The molecule has 0 saturated heterocycles. The van der Waals surface area contributed by atoms with E-state index in [1.807, 2.05) is 45.0 Å². The lowest BCUT2D eigenvalue weighted by molar-refractivity contribution is -0.127. The van der Waals surface area contributed by atoms with Gasteiger partial charge in [0.2, 0.25) is 11.8 Å². The molecule has 0 spiro atoms. The van der Waals surface area contributed by atoms with Gasteiger partial charge in [-0.05, 0) is 73.5 Å². The molecule has 0 aliphatic rings. The van der Waals surface area contributed by atoms with Crippen molar-refractivity contribution in [2.45, 2.75) is 52.1 Å². The summed E-state index contributed by atoms with van der Waals surface area (Å²) < 4.78 is 5.41. The fraction of sp³-hybridized carbons (Fsp3) is 0.345. The summed E-state index contributed by atoms with van der Waals surface area (Å²) in [5.41, 5.74) is 1.78. The highest BCUT2D eigenvalue weighted by Gasteiger charge is 2.35. The number of amides is 3. The third-order valence-electron chi connectivity index (χ3n) is 6.30. The first kappa shape index (κ1) is 27.9. The molecule has 0 fully saturated rings. The van der Waals surface area contributed by atoms with Crippen LogP contribution in [0.25, 0.3) is 0 Å². The summed E-state index contributed by atoms with van der Waals surface area (Å²) in [6, 6.07) is 17.2. The highest BCUT2D eigenvalue weighted by molar-refractivity contribution is 7.12. The first-order chi connectivity index (χ1) is 17.7. The van der Waals surface area contributed by atoms with E-state index in [4.69, 9.17) is 4.74 Å². The second kappa shape index (κ2) is 12.5. The summed E-state index contributed by atoms with van der Waals surface area (Å²) in [7, 11) is 1.56. The Morgan fingerprint density at radius 1 is 1.03 bits per heavy atom. The predicted molar refractivity (Wildman–Crippen MR) is 148 cm³/mol. The van der Waals surface area contributed by atoms with Gasteiger partial charge in [0.15, 0.2) is 0 Å². The van der Waals surface area contributed by atoms with Crippen molar-refractivity contribution in [2.75, 3.05) is 18.6 Å². The van der Waals surface area contributed by atoms with Crippen LogP contribution in [0.3, 0.4) is 0 Å². The predicted octanol–water partition coefficient (Wildman–Crippen LogP) is 5.13. The number of hydrogen-bond acceptors (Lipinski definition) is 5. The maximum absolute atomic E-state index is 13.9. The van der Waals surface area contributed by atoms with Gasteiger partial charge in [0.05, 0.1) is 18.5 Å². The van der Waals surface area contributed by atoms with Gasteiger partial charge in [-0.1, -0.05) is 44.2 Å². The molecule has 0 saturated carbocycles.